The van der Waals surface area contributed by atoms with Gasteiger partial charge in [-0.15, -0.1) is 0 Å². The third-order valence-corrected chi connectivity index (χ3v) is 2.29. The van der Waals surface area contributed by atoms with Crippen molar-refractivity contribution in [3.8, 4) is 0 Å². The highest BCUT2D eigenvalue weighted by Crippen LogP contribution is 2.20. The second-order valence-corrected chi connectivity index (χ2v) is 3.48. The van der Waals surface area contributed by atoms with Crippen LogP contribution in [0.5, 0.6) is 0 Å². The van der Waals surface area contributed by atoms with Crippen LogP contribution in [0.15, 0.2) is 0 Å². The van der Waals surface area contributed by atoms with Gasteiger partial charge in [-0.05, 0) is 19.3 Å². The Labute approximate surface area is 77.8 Å². The summed E-state index contributed by atoms with van der Waals surface area (Å²) in [6, 6.07) is 0. The fourth-order valence-electron chi connectivity index (χ4n) is 1.70. The molecule has 1 atom stereocenters. The van der Waals surface area contributed by atoms with Crippen LogP contribution in [-0.4, -0.2) is 37.0 Å². The maximum atomic E-state index is 11.1. The lowest BCUT2D eigenvalue weighted by Crippen LogP contribution is -2.28. The smallest absolute Gasteiger partial charge is 0.409 e. The summed E-state index contributed by atoms with van der Waals surface area (Å²) in [5.41, 5.74) is 0. The molecule has 0 aromatic rings. The van der Waals surface area contributed by atoms with E-state index in [9.17, 15) is 9.59 Å². The minimum Gasteiger partial charge on any atom is -0.453 e. The normalized spacial score (nSPS) is 21.7. The number of amides is 1. The lowest BCUT2D eigenvalue weighted by Gasteiger charge is -2.13. The quantitative estimate of drug-likeness (QED) is 0.646. The Kier molecular flexibility index (Phi) is 3.28. The minimum atomic E-state index is -0.286. The zero-order valence-corrected chi connectivity index (χ0v) is 8.08. The number of Topliss-reactive ketones (excluding diaryl/α,β-unsaturated/α-hetero) is 1. The van der Waals surface area contributed by atoms with E-state index in [2.05, 4.69) is 4.74 Å². The lowest BCUT2D eigenvalue weighted by atomic mass is 10.0. The molecule has 1 saturated heterocycles. The maximum Gasteiger partial charge on any atom is 0.409 e. The van der Waals surface area contributed by atoms with Gasteiger partial charge in [-0.1, -0.05) is 0 Å². The molecule has 0 bridgehead atoms. The minimum absolute atomic E-state index is 0.191. The van der Waals surface area contributed by atoms with Gasteiger partial charge in [0.05, 0.1) is 7.11 Å². The van der Waals surface area contributed by atoms with E-state index in [1.807, 2.05) is 0 Å². The standard InChI is InChI=1S/C9H15NO3/c1-7(11)5-8-3-4-10(6-8)9(12)13-2/h8H,3-6H2,1-2H3. The second-order valence-electron chi connectivity index (χ2n) is 3.48. The Morgan fingerprint density at radius 1 is 1.54 bits per heavy atom. The summed E-state index contributed by atoms with van der Waals surface area (Å²) in [4.78, 5) is 23.5. The van der Waals surface area contributed by atoms with Gasteiger partial charge in [0.1, 0.15) is 5.78 Å². The number of ketones is 1. The van der Waals surface area contributed by atoms with E-state index in [-0.39, 0.29) is 11.9 Å². The fraction of sp³-hybridized carbons (Fsp3) is 0.778. The van der Waals surface area contributed by atoms with Crippen LogP contribution in [-0.2, 0) is 9.53 Å². The Hall–Kier alpha value is -1.06. The topological polar surface area (TPSA) is 46.6 Å². The Morgan fingerprint density at radius 3 is 2.77 bits per heavy atom. The molecular weight excluding hydrogens is 170 g/mol. The number of ether oxygens (including phenoxy) is 1. The highest BCUT2D eigenvalue weighted by Gasteiger charge is 2.27. The number of methoxy groups -OCH3 is 1. The third-order valence-electron chi connectivity index (χ3n) is 2.29. The van der Waals surface area contributed by atoms with Crippen molar-refractivity contribution in [1.82, 2.24) is 4.90 Å². The van der Waals surface area contributed by atoms with Crippen LogP contribution in [0, 0.1) is 5.92 Å². The first-order valence-corrected chi connectivity index (χ1v) is 4.45. The summed E-state index contributed by atoms with van der Waals surface area (Å²) in [5.74, 6) is 0.522. The van der Waals surface area contributed by atoms with Gasteiger partial charge in [-0.3, -0.25) is 0 Å². The van der Waals surface area contributed by atoms with Crippen LogP contribution in [0.4, 0.5) is 4.79 Å². The van der Waals surface area contributed by atoms with E-state index in [1.165, 1.54) is 7.11 Å². The number of hydrogen-bond acceptors (Lipinski definition) is 3. The molecule has 0 N–H and O–H groups in total. The number of likely N-dealkylation sites (tertiary alicyclic amines) is 1. The summed E-state index contributed by atoms with van der Waals surface area (Å²) in [5, 5.41) is 0. The lowest BCUT2D eigenvalue weighted by molar-refractivity contribution is -0.117. The van der Waals surface area contributed by atoms with Crippen LogP contribution in [0.25, 0.3) is 0 Å². The third kappa shape index (κ3) is 2.72. The SMILES string of the molecule is COC(=O)N1CCC(CC(C)=O)C1. The van der Waals surface area contributed by atoms with Gasteiger partial charge >= 0.3 is 6.09 Å². The molecule has 0 radical (unpaired) electrons. The van der Waals surface area contributed by atoms with Crippen molar-refractivity contribution in [3.63, 3.8) is 0 Å². The van der Waals surface area contributed by atoms with Gasteiger partial charge in [0, 0.05) is 19.5 Å². The molecule has 4 nitrogen and oxygen atoms in total. The molecule has 0 aliphatic carbocycles. The summed E-state index contributed by atoms with van der Waals surface area (Å²) in [6.07, 6.45) is 1.20. The molecule has 74 valence electrons. The molecule has 0 saturated carbocycles. The molecule has 0 spiro atoms. The van der Waals surface area contributed by atoms with Gasteiger partial charge in [-0.2, -0.15) is 0 Å². The van der Waals surface area contributed by atoms with Gasteiger partial charge < -0.3 is 14.4 Å². The summed E-state index contributed by atoms with van der Waals surface area (Å²) >= 11 is 0. The van der Waals surface area contributed by atoms with Crippen LogP contribution in [0.1, 0.15) is 19.8 Å². The largest absolute Gasteiger partial charge is 0.453 e. The Balaban J connectivity index is 2.36. The molecule has 1 aliphatic rings. The van der Waals surface area contributed by atoms with Crippen LogP contribution in [0.3, 0.4) is 0 Å². The molecule has 0 aromatic carbocycles. The zero-order valence-electron chi connectivity index (χ0n) is 8.08. The van der Waals surface area contributed by atoms with Gasteiger partial charge in [0.2, 0.25) is 0 Å². The fourth-order valence-corrected chi connectivity index (χ4v) is 1.70. The number of rotatable bonds is 2. The van der Waals surface area contributed by atoms with Crippen LogP contribution in [0.2, 0.25) is 0 Å². The van der Waals surface area contributed by atoms with E-state index in [0.29, 0.717) is 25.4 Å². The average Bonchev–Trinajstić information content (AvgIpc) is 2.50. The summed E-state index contributed by atoms with van der Waals surface area (Å²) < 4.78 is 4.59. The molecule has 0 aromatic heterocycles. The molecule has 1 fully saturated rings. The van der Waals surface area contributed by atoms with E-state index in [4.69, 9.17) is 0 Å². The number of nitrogens with zero attached hydrogens (tertiary/aromatic N) is 1. The predicted molar refractivity (Wildman–Crippen MR) is 47.4 cm³/mol. The molecule has 1 amide bonds. The molecule has 1 aliphatic heterocycles. The molecule has 1 rings (SSSR count). The first-order chi connectivity index (χ1) is 6.13. The second kappa shape index (κ2) is 4.25. The summed E-state index contributed by atoms with van der Waals surface area (Å²) in [6.45, 7) is 2.96. The number of hydrogen-bond donors (Lipinski definition) is 0. The Bertz CT molecular complexity index is 215. The van der Waals surface area contributed by atoms with Crippen molar-refractivity contribution in [2.24, 2.45) is 5.92 Å². The molecule has 1 unspecified atom stereocenters. The van der Waals surface area contributed by atoms with Gasteiger partial charge in [0.25, 0.3) is 0 Å². The van der Waals surface area contributed by atoms with Crippen LogP contribution < -0.4 is 0 Å². The van der Waals surface area contributed by atoms with Gasteiger partial charge in [0.15, 0.2) is 0 Å². The van der Waals surface area contributed by atoms with E-state index in [1.54, 1.807) is 11.8 Å². The van der Waals surface area contributed by atoms with Crippen molar-refractivity contribution in [1.29, 1.82) is 0 Å². The monoisotopic (exact) mass is 185 g/mol. The average molecular weight is 185 g/mol. The van der Waals surface area contributed by atoms with Gasteiger partial charge in [-0.25, -0.2) is 4.79 Å². The zero-order chi connectivity index (χ0) is 9.84. The van der Waals surface area contributed by atoms with Crippen molar-refractivity contribution in [2.75, 3.05) is 20.2 Å². The number of carbonyl (C=O) groups is 2. The molecule has 13 heavy (non-hydrogen) atoms. The molecular formula is C9H15NO3. The molecule has 1 heterocycles. The van der Waals surface area contributed by atoms with E-state index in [0.717, 1.165) is 6.42 Å². The van der Waals surface area contributed by atoms with E-state index >= 15 is 0 Å². The highest BCUT2D eigenvalue weighted by atomic mass is 16.5. The van der Waals surface area contributed by atoms with E-state index < -0.39 is 0 Å². The Morgan fingerprint density at radius 2 is 2.23 bits per heavy atom. The van der Waals surface area contributed by atoms with Crippen molar-refractivity contribution < 1.29 is 14.3 Å². The highest BCUT2D eigenvalue weighted by molar-refractivity contribution is 5.76. The van der Waals surface area contributed by atoms with Crippen molar-refractivity contribution in [3.05, 3.63) is 0 Å². The van der Waals surface area contributed by atoms with Crippen LogP contribution >= 0.6 is 0 Å². The summed E-state index contributed by atoms with van der Waals surface area (Å²) in [7, 11) is 1.38. The predicted octanol–water partition coefficient (Wildman–Crippen LogP) is 1.05. The first-order valence-electron chi connectivity index (χ1n) is 4.45. The first kappa shape index (κ1) is 10.0. The number of carbonyl (C=O) groups excluding carboxylic acids is 2. The molecule has 4 heteroatoms. The maximum absolute atomic E-state index is 11.1. The van der Waals surface area contributed by atoms with Crippen molar-refractivity contribution >= 4 is 11.9 Å². The van der Waals surface area contributed by atoms with Crippen molar-refractivity contribution in [2.45, 2.75) is 19.8 Å².